The average Bonchev–Trinajstić information content (AvgIpc) is 2.12. The second-order valence-electron chi connectivity index (χ2n) is 1.93. The summed E-state index contributed by atoms with van der Waals surface area (Å²) < 4.78 is 8.60. The zero-order chi connectivity index (χ0) is 9.66. The van der Waals surface area contributed by atoms with E-state index >= 15 is 0 Å². The Morgan fingerprint density at radius 3 is 1.33 bits per heavy atom. The van der Waals surface area contributed by atoms with Crippen LogP contribution in [0.15, 0.2) is 0 Å². The second kappa shape index (κ2) is 16.5. The van der Waals surface area contributed by atoms with E-state index in [2.05, 4.69) is 9.47 Å². The summed E-state index contributed by atoms with van der Waals surface area (Å²) in [6.45, 7) is 5.91. The van der Waals surface area contributed by atoms with Crippen molar-refractivity contribution in [1.82, 2.24) is 0 Å². The SMILES string of the molecule is CCCOC=O.CCCOC=O. The van der Waals surface area contributed by atoms with E-state index in [4.69, 9.17) is 0 Å². The fourth-order valence-electron chi connectivity index (χ4n) is 0.332. The lowest BCUT2D eigenvalue weighted by molar-refractivity contribution is -0.129. The van der Waals surface area contributed by atoms with Crippen molar-refractivity contribution < 1.29 is 19.1 Å². The van der Waals surface area contributed by atoms with E-state index in [0.29, 0.717) is 26.2 Å². The quantitative estimate of drug-likeness (QED) is 0.450. The molecule has 4 nitrogen and oxygen atoms in total. The summed E-state index contributed by atoms with van der Waals surface area (Å²) in [7, 11) is 0. The van der Waals surface area contributed by atoms with Crippen molar-refractivity contribution in [1.29, 1.82) is 0 Å². The maximum atomic E-state index is 9.34. The minimum absolute atomic E-state index is 0.462. The fraction of sp³-hybridized carbons (Fsp3) is 0.750. The van der Waals surface area contributed by atoms with Gasteiger partial charge in [-0.05, 0) is 12.8 Å². The second-order valence-corrected chi connectivity index (χ2v) is 1.93. The van der Waals surface area contributed by atoms with Crippen LogP contribution < -0.4 is 0 Å². The van der Waals surface area contributed by atoms with Crippen LogP contribution in [0.3, 0.4) is 0 Å². The average molecular weight is 176 g/mol. The smallest absolute Gasteiger partial charge is 0.293 e. The number of hydrogen-bond donors (Lipinski definition) is 0. The molecule has 0 saturated heterocycles. The van der Waals surface area contributed by atoms with E-state index in [1.54, 1.807) is 0 Å². The molecule has 0 aliphatic carbocycles. The van der Waals surface area contributed by atoms with Crippen LogP contribution in [-0.4, -0.2) is 26.2 Å². The van der Waals surface area contributed by atoms with Crippen molar-refractivity contribution in [3.63, 3.8) is 0 Å². The van der Waals surface area contributed by atoms with Gasteiger partial charge >= 0.3 is 0 Å². The van der Waals surface area contributed by atoms with Crippen LogP contribution >= 0.6 is 0 Å². The summed E-state index contributed by atoms with van der Waals surface area (Å²) in [6.07, 6.45) is 1.80. The van der Waals surface area contributed by atoms with Crippen LogP contribution in [0.25, 0.3) is 0 Å². The van der Waals surface area contributed by atoms with Crippen LogP contribution in [0, 0.1) is 0 Å². The molecule has 0 aromatic carbocycles. The molecule has 0 heterocycles. The van der Waals surface area contributed by atoms with Gasteiger partial charge in [0.15, 0.2) is 0 Å². The number of ether oxygens (including phenoxy) is 2. The standard InChI is InChI=1S/2C4H8O2/c2*1-2-3-6-4-5/h2*4H,2-3H2,1H3. The molecular weight excluding hydrogens is 160 g/mol. The van der Waals surface area contributed by atoms with Crippen LogP contribution in [0.2, 0.25) is 0 Å². The molecule has 0 aliphatic heterocycles. The maximum absolute atomic E-state index is 9.34. The zero-order valence-corrected chi connectivity index (χ0v) is 7.62. The lowest BCUT2D eigenvalue weighted by atomic mass is 10.5. The molecule has 0 atom stereocenters. The van der Waals surface area contributed by atoms with Gasteiger partial charge in [-0.1, -0.05) is 13.8 Å². The molecular formula is C8H16O4. The number of rotatable bonds is 6. The van der Waals surface area contributed by atoms with Crippen molar-refractivity contribution in [3.8, 4) is 0 Å². The van der Waals surface area contributed by atoms with E-state index in [1.807, 2.05) is 13.8 Å². The van der Waals surface area contributed by atoms with Gasteiger partial charge in [0.2, 0.25) is 0 Å². The van der Waals surface area contributed by atoms with Crippen molar-refractivity contribution in [3.05, 3.63) is 0 Å². The third kappa shape index (κ3) is 23.1. The summed E-state index contributed by atoms with van der Waals surface area (Å²) >= 11 is 0. The first-order valence-corrected chi connectivity index (χ1v) is 3.93. The molecule has 0 aromatic heterocycles. The molecule has 0 bridgehead atoms. The Bertz CT molecular complexity index is 81.1. The van der Waals surface area contributed by atoms with E-state index in [0.717, 1.165) is 12.8 Å². The van der Waals surface area contributed by atoms with Gasteiger partial charge in [0.05, 0.1) is 13.2 Å². The Labute approximate surface area is 72.8 Å². The minimum atomic E-state index is 0.462. The first-order chi connectivity index (χ1) is 5.83. The molecule has 72 valence electrons. The normalized spacial score (nSPS) is 7.50. The molecule has 0 rings (SSSR count). The van der Waals surface area contributed by atoms with Crippen molar-refractivity contribution in [2.24, 2.45) is 0 Å². The minimum Gasteiger partial charge on any atom is -0.468 e. The molecule has 0 N–H and O–H groups in total. The van der Waals surface area contributed by atoms with Gasteiger partial charge < -0.3 is 9.47 Å². The van der Waals surface area contributed by atoms with Crippen molar-refractivity contribution >= 4 is 12.9 Å². The monoisotopic (exact) mass is 176 g/mol. The number of hydrogen-bond acceptors (Lipinski definition) is 4. The number of carbonyl (C=O) groups excluding carboxylic acids is 2. The van der Waals surface area contributed by atoms with Crippen LogP contribution in [0.1, 0.15) is 26.7 Å². The third-order valence-electron chi connectivity index (χ3n) is 0.780. The van der Waals surface area contributed by atoms with Crippen LogP contribution in [0.5, 0.6) is 0 Å². The van der Waals surface area contributed by atoms with E-state index in [-0.39, 0.29) is 0 Å². The Hall–Kier alpha value is -1.06. The molecule has 12 heavy (non-hydrogen) atoms. The lowest BCUT2D eigenvalue weighted by Gasteiger charge is -1.86. The molecule has 0 aromatic rings. The highest BCUT2D eigenvalue weighted by molar-refractivity contribution is 5.36. The first-order valence-electron chi connectivity index (χ1n) is 3.93. The molecule has 4 heteroatoms. The predicted octanol–water partition coefficient (Wildman–Crippen LogP) is 1.14. The largest absolute Gasteiger partial charge is 0.468 e. The van der Waals surface area contributed by atoms with E-state index < -0.39 is 0 Å². The van der Waals surface area contributed by atoms with Crippen molar-refractivity contribution in [2.45, 2.75) is 26.7 Å². The molecule has 0 spiro atoms. The van der Waals surface area contributed by atoms with Gasteiger partial charge in [-0.3, -0.25) is 9.59 Å². The highest BCUT2D eigenvalue weighted by atomic mass is 16.5. The summed E-state index contributed by atoms with van der Waals surface area (Å²) in [5.41, 5.74) is 0. The zero-order valence-electron chi connectivity index (χ0n) is 7.62. The van der Waals surface area contributed by atoms with Crippen LogP contribution in [-0.2, 0) is 19.1 Å². The molecule has 0 fully saturated rings. The Kier molecular flexibility index (Phi) is 18.6. The van der Waals surface area contributed by atoms with E-state index in [1.165, 1.54) is 0 Å². The van der Waals surface area contributed by atoms with Gasteiger partial charge in [-0.15, -0.1) is 0 Å². The van der Waals surface area contributed by atoms with Gasteiger partial charge in [-0.2, -0.15) is 0 Å². The highest BCUT2D eigenvalue weighted by Crippen LogP contribution is 1.72. The van der Waals surface area contributed by atoms with Crippen LogP contribution in [0.4, 0.5) is 0 Å². The summed E-state index contributed by atoms with van der Waals surface area (Å²) in [6, 6.07) is 0. The van der Waals surface area contributed by atoms with Crippen molar-refractivity contribution in [2.75, 3.05) is 13.2 Å². The summed E-state index contributed by atoms with van der Waals surface area (Å²) in [4.78, 5) is 18.7. The van der Waals surface area contributed by atoms with Gasteiger partial charge in [0.1, 0.15) is 0 Å². The topological polar surface area (TPSA) is 52.6 Å². The molecule has 0 amide bonds. The molecule has 0 unspecified atom stereocenters. The first kappa shape index (κ1) is 13.5. The molecule has 0 aliphatic rings. The van der Waals surface area contributed by atoms with Gasteiger partial charge in [0.25, 0.3) is 12.9 Å². The Morgan fingerprint density at radius 1 is 0.917 bits per heavy atom. The van der Waals surface area contributed by atoms with E-state index in [9.17, 15) is 9.59 Å². The lowest BCUT2D eigenvalue weighted by Crippen LogP contribution is -1.86. The molecule has 0 saturated carbocycles. The Morgan fingerprint density at radius 2 is 1.25 bits per heavy atom. The fourth-order valence-corrected chi connectivity index (χ4v) is 0.332. The maximum Gasteiger partial charge on any atom is 0.293 e. The highest BCUT2D eigenvalue weighted by Gasteiger charge is 1.72. The van der Waals surface area contributed by atoms with Gasteiger partial charge in [-0.25, -0.2) is 0 Å². The number of carbonyl (C=O) groups is 2. The summed E-state index contributed by atoms with van der Waals surface area (Å²) in [5.74, 6) is 0. The Balaban J connectivity index is 0. The third-order valence-corrected chi connectivity index (χ3v) is 0.780. The van der Waals surface area contributed by atoms with Gasteiger partial charge in [0, 0.05) is 0 Å². The summed E-state index contributed by atoms with van der Waals surface area (Å²) in [5, 5.41) is 0. The predicted molar refractivity (Wildman–Crippen MR) is 44.6 cm³/mol. The molecule has 0 radical (unpaired) electrons.